The molecule has 1 unspecified atom stereocenters. The van der Waals surface area contributed by atoms with Crippen molar-refractivity contribution < 1.29 is 4.39 Å². The number of aromatic nitrogens is 2. The Balaban J connectivity index is 1.41. The zero-order chi connectivity index (χ0) is 30.2. The van der Waals surface area contributed by atoms with E-state index >= 15 is 0 Å². The van der Waals surface area contributed by atoms with Crippen LogP contribution in [0.4, 0.5) is 10.1 Å². The number of benzene rings is 2. The molecule has 0 amide bonds. The Kier molecular flexibility index (Phi) is 9.27. The largest absolute Gasteiger partial charge is 0.340 e. The van der Waals surface area contributed by atoms with Gasteiger partial charge < -0.3 is 15.5 Å². The molecule has 1 aliphatic carbocycles. The van der Waals surface area contributed by atoms with Gasteiger partial charge in [0.15, 0.2) is 5.96 Å². The lowest BCUT2D eigenvalue weighted by molar-refractivity contribution is 0.0964. The average molecular weight is 687 g/mol. The van der Waals surface area contributed by atoms with Crippen LogP contribution in [0.2, 0.25) is 0 Å². The predicted molar refractivity (Wildman–Crippen MR) is 179 cm³/mol. The first kappa shape index (κ1) is 30.9. The Morgan fingerprint density at radius 3 is 2.50 bits per heavy atom. The zero-order valence-electron chi connectivity index (χ0n) is 25.6. The van der Waals surface area contributed by atoms with Crippen LogP contribution in [-0.2, 0) is 13.0 Å². The quantitative estimate of drug-likeness (QED) is 0.147. The van der Waals surface area contributed by atoms with Gasteiger partial charge in [0.05, 0.1) is 23.3 Å². The number of hydrogen-bond acceptors (Lipinski definition) is 4. The molecule has 2 N–H and O–H groups in total. The van der Waals surface area contributed by atoms with Gasteiger partial charge in [0.2, 0.25) is 0 Å². The van der Waals surface area contributed by atoms with E-state index in [1.54, 1.807) is 23.0 Å². The molecule has 226 valence electrons. The highest BCUT2D eigenvalue weighted by Gasteiger charge is 2.45. The fraction of sp³-hybridized carbons (Fsp3) is 0.545. The minimum Gasteiger partial charge on any atom is -0.340 e. The Morgan fingerprint density at radius 2 is 1.81 bits per heavy atom. The Morgan fingerprint density at radius 1 is 1.12 bits per heavy atom. The Bertz CT molecular complexity index is 1480. The monoisotopic (exact) mass is 686 g/mol. The van der Waals surface area contributed by atoms with Gasteiger partial charge >= 0.3 is 0 Å². The van der Waals surface area contributed by atoms with Crippen LogP contribution in [-0.4, -0.2) is 55.6 Å². The summed E-state index contributed by atoms with van der Waals surface area (Å²) >= 11 is 2.63. The predicted octanol–water partition coefficient (Wildman–Crippen LogP) is 6.10. The van der Waals surface area contributed by atoms with Gasteiger partial charge in [-0.15, -0.1) is 0 Å². The molecule has 0 bridgehead atoms. The maximum Gasteiger partial charge on any atom is 0.261 e. The molecule has 9 heteroatoms. The van der Waals surface area contributed by atoms with Crippen LogP contribution in [0.25, 0.3) is 10.9 Å². The van der Waals surface area contributed by atoms with Gasteiger partial charge in [-0.05, 0) is 79.8 Å². The van der Waals surface area contributed by atoms with E-state index in [1.807, 2.05) is 18.2 Å². The van der Waals surface area contributed by atoms with E-state index in [9.17, 15) is 9.18 Å². The molecule has 5 rings (SSSR count). The highest BCUT2D eigenvalue weighted by Crippen LogP contribution is 2.48. The molecule has 2 aliphatic rings. The number of nitrogens with one attached hydrogen (secondary N) is 2. The van der Waals surface area contributed by atoms with Crippen molar-refractivity contribution in [2.75, 3.05) is 18.4 Å². The topological polar surface area (TPSA) is 74.5 Å². The number of rotatable bonds is 5. The van der Waals surface area contributed by atoms with Crippen molar-refractivity contribution in [3.8, 4) is 0 Å². The van der Waals surface area contributed by atoms with Crippen LogP contribution in [0.3, 0.4) is 0 Å². The molecule has 3 aromatic rings. The second-order valence-corrected chi connectivity index (χ2v) is 14.5. The van der Waals surface area contributed by atoms with Gasteiger partial charge in [0.1, 0.15) is 5.82 Å². The lowest BCUT2D eigenvalue weighted by Gasteiger charge is -2.48. The van der Waals surface area contributed by atoms with E-state index in [1.165, 1.54) is 12.1 Å². The van der Waals surface area contributed by atoms with Gasteiger partial charge in [-0.3, -0.25) is 9.36 Å². The van der Waals surface area contributed by atoms with Crippen molar-refractivity contribution in [2.45, 2.75) is 83.0 Å². The molecule has 42 heavy (non-hydrogen) atoms. The summed E-state index contributed by atoms with van der Waals surface area (Å²) in [6, 6.07) is 13.1. The summed E-state index contributed by atoms with van der Waals surface area (Å²) in [4.78, 5) is 25.7. The summed E-state index contributed by atoms with van der Waals surface area (Å²) in [5.74, 6) is 1.66. The van der Waals surface area contributed by atoms with Crippen molar-refractivity contribution in [2.24, 2.45) is 22.2 Å². The van der Waals surface area contributed by atoms with E-state index in [0.717, 1.165) is 36.7 Å². The van der Waals surface area contributed by atoms with Gasteiger partial charge in [0.25, 0.3) is 5.56 Å². The molecule has 2 heterocycles. The minimum absolute atomic E-state index is 0.0759. The highest BCUT2D eigenvalue weighted by molar-refractivity contribution is 14.1. The average Bonchev–Trinajstić information content (AvgIpc) is 2.94. The summed E-state index contributed by atoms with van der Waals surface area (Å²) in [5, 5.41) is 7.86. The van der Waals surface area contributed by atoms with Gasteiger partial charge in [0, 0.05) is 41.3 Å². The van der Waals surface area contributed by atoms with Crippen molar-refractivity contribution in [3.63, 3.8) is 0 Å². The summed E-state index contributed by atoms with van der Waals surface area (Å²) in [5.41, 5.74) is 2.70. The molecule has 0 spiro atoms. The first-order chi connectivity index (χ1) is 19.9. The molecule has 0 radical (unpaired) electrons. The molecule has 2 aromatic carbocycles. The molecule has 1 aliphatic heterocycles. The van der Waals surface area contributed by atoms with Crippen molar-refractivity contribution >= 4 is 45.1 Å². The molecule has 1 aromatic heterocycles. The number of piperazine rings is 1. The minimum atomic E-state index is -0.261. The number of anilines is 1. The molecule has 1 saturated heterocycles. The van der Waals surface area contributed by atoms with Gasteiger partial charge in [-0.1, -0.05) is 62.4 Å². The van der Waals surface area contributed by atoms with E-state index in [2.05, 4.69) is 84.7 Å². The number of nitrogens with zero attached hydrogens (tertiary/aromatic N) is 4. The number of aliphatic imine (C=N–C) groups is 1. The number of alkyl halides is 1. The number of halogens is 2. The van der Waals surface area contributed by atoms with Crippen LogP contribution in [0, 0.1) is 23.1 Å². The van der Waals surface area contributed by atoms with Crippen LogP contribution < -0.4 is 16.2 Å². The zero-order valence-corrected chi connectivity index (χ0v) is 27.7. The third-order valence-corrected chi connectivity index (χ3v) is 11.7. The standard InChI is InChI=1S/C33H44FIN6O/c1-20-17-41(18-21(2)37-20)32(39-28-16-30(35)33(5,6)23(4)22(28)3)38-26-11-12-27-29(15-26)36-19-40(31(27)42)14-13-24-7-9-25(34)10-8-24/h7-12,15,19-23,28,30,37H,13-14,16-18H2,1-6H3,(H,38,39)/t20-,21-,22-,23-,28?,30+/m0/s1. The van der Waals surface area contributed by atoms with E-state index < -0.39 is 0 Å². The number of hydrogen-bond donors (Lipinski definition) is 2. The second kappa shape index (κ2) is 12.6. The third-order valence-electron chi connectivity index (χ3n) is 9.61. The second-order valence-electron chi connectivity index (χ2n) is 13.0. The van der Waals surface area contributed by atoms with E-state index in [4.69, 9.17) is 4.99 Å². The summed E-state index contributed by atoms with van der Waals surface area (Å²) in [6.07, 6.45) is 3.29. The van der Waals surface area contributed by atoms with Crippen LogP contribution in [0.1, 0.15) is 53.5 Å². The van der Waals surface area contributed by atoms with Crippen molar-refractivity contribution in [1.82, 2.24) is 19.8 Å². The van der Waals surface area contributed by atoms with Crippen molar-refractivity contribution in [1.29, 1.82) is 0 Å². The Labute approximate surface area is 262 Å². The first-order valence-corrected chi connectivity index (χ1v) is 16.4. The van der Waals surface area contributed by atoms with Gasteiger partial charge in [-0.25, -0.2) is 14.4 Å². The lowest BCUT2D eigenvalue weighted by atomic mass is 9.63. The summed E-state index contributed by atoms with van der Waals surface area (Å²) < 4.78 is 15.4. The smallest absolute Gasteiger partial charge is 0.261 e. The van der Waals surface area contributed by atoms with Crippen LogP contribution >= 0.6 is 22.6 Å². The Hall–Kier alpha value is -2.53. The fourth-order valence-electron chi connectivity index (χ4n) is 6.47. The molecular weight excluding hydrogens is 642 g/mol. The number of guanidine groups is 1. The number of fused-ring (bicyclic) bond motifs is 1. The maximum atomic E-state index is 13.3. The van der Waals surface area contributed by atoms with Crippen LogP contribution in [0.5, 0.6) is 0 Å². The highest BCUT2D eigenvalue weighted by atomic mass is 127. The van der Waals surface area contributed by atoms with Crippen molar-refractivity contribution in [3.05, 3.63) is 70.5 Å². The first-order valence-electron chi connectivity index (χ1n) is 15.2. The molecular formula is C33H44FIN6O. The fourth-order valence-corrected chi connectivity index (χ4v) is 7.56. The molecule has 6 atom stereocenters. The summed E-state index contributed by atoms with van der Waals surface area (Å²) in [6.45, 7) is 16.2. The van der Waals surface area contributed by atoms with E-state index in [0.29, 0.717) is 51.7 Å². The third kappa shape index (κ3) is 6.67. The van der Waals surface area contributed by atoms with Gasteiger partial charge in [-0.2, -0.15) is 0 Å². The summed E-state index contributed by atoms with van der Waals surface area (Å²) in [7, 11) is 0. The SMILES string of the molecule is C[C@@H]1C(N=C(Nc2ccc3c(=O)n(CCc4ccc(F)cc4)cnc3c2)N2C[C@H](C)N[C@@H](C)C2)C[C@@H](I)C(C)(C)[C@H]1C. The molecule has 2 fully saturated rings. The van der Waals surface area contributed by atoms with Crippen LogP contribution in [0.15, 0.2) is 58.6 Å². The van der Waals surface area contributed by atoms with E-state index in [-0.39, 0.29) is 22.8 Å². The maximum absolute atomic E-state index is 13.3. The lowest BCUT2D eigenvalue weighted by Crippen LogP contribution is -2.57. The number of aryl methyl sites for hydroxylation is 2. The normalized spacial score (nSPS) is 28.2. The molecule has 1 saturated carbocycles. The molecule has 7 nitrogen and oxygen atoms in total.